The van der Waals surface area contributed by atoms with E-state index < -0.39 is 0 Å². The Labute approximate surface area is 113 Å². The fourth-order valence-corrected chi connectivity index (χ4v) is 2.93. The highest BCUT2D eigenvalue weighted by Gasteiger charge is 2.28. The quantitative estimate of drug-likeness (QED) is 0.918. The standard InChI is InChI=1S/C15H20N4/c1-11-9-16-18-15(11)14-7-4-8-19(14)10-13-6-3-5-12(2)17-13/h3,5-6,9,14H,4,7-8,10H2,1-2H3,(H,16,18)/t14-/m0/s1. The highest BCUT2D eigenvalue weighted by Crippen LogP contribution is 2.33. The number of nitrogens with one attached hydrogen (secondary N) is 1. The lowest BCUT2D eigenvalue weighted by Gasteiger charge is -2.23. The zero-order valence-corrected chi connectivity index (χ0v) is 11.6. The molecule has 1 aliphatic rings. The zero-order chi connectivity index (χ0) is 13.2. The van der Waals surface area contributed by atoms with E-state index in [-0.39, 0.29) is 0 Å². The first-order valence-corrected chi connectivity index (χ1v) is 6.90. The number of hydrogen-bond acceptors (Lipinski definition) is 3. The van der Waals surface area contributed by atoms with E-state index in [1.807, 2.05) is 19.2 Å². The van der Waals surface area contributed by atoms with Gasteiger partial charge in [-0.1, -0.05) is 6.07 Å². The van der Waals surface area contributed by atoms with Crippen molar-refractivity contribution in [2.24, 2.45) is 0 Å². The number of aromatic nitrogens is 3. The summed E-state index contributed by atoms with van der Waals surface area (Å²) in [5, 5.41) is 7.32. The summed E-state index contributed by atoms with van der Waals surface area (Å²) in [6.07, 6.45) is 4.36. The summed E-state index contributed by atoms with van der Waals surface area (Å²) < 4.78 is 0. The maximum Gasteiger partial charge on any atom is 0.0553 e. The molecule has 1 atom stereocenters. The van der Waals surface area contributed by atoms with E-state index in [2.05, 4.69) is 39.1 Å². The van der Waals surface area contributed by atoms with Gasteiger partial charge in [0.05, 0.1) is 23.6 Å². The minimum absolute atomic E-state index is 0.463. The van der Waals surface area contributed by atoms with Crippen molar-refractivity contribution >= 4 is 0 Å². The van der Waals surface area contributed by atoms with Gasteiger partial charge in [-0.25, -0.2) is 0 Å². The van der Waals surface area contributed by atoms with Crippen molar-refractivity contribution < 1.29 is 0 Å². The molecule has 3 heterocycles. The first-order chi connectivity index (χ1) is 9.24. The Kier molecular flexibility index (Phi) is 3.34. The number of aryl methyl sites for hydroxylation is 2. The molecule has 0 amide bonds. The van der Waals surface area contributed by atoms with Gasteiger partial charge in [-0.05, 0) is 50.9 Å². The van der Waals surface area contributed by atoms with E-state index in [1.54, 1.807) is 0 Å². The van der Waals surface area contributed by atoms with E-state index in [0.29, 0.717) is 6.04 Å². The van der Waals surface area contributed by atoms with Gasteiger partial charge < -0.3 is 0 Å². The Morgan fingerprint density at radius 3 is 3.00 bits per heavy atom. The molecule has 3 rings (SSSR count). The Bertz CT molecular complexity index is 561. The molecule has 100 valence electrons. The van der Waals surface area contributed by atoms with Gasteiger partial charge in [0.2, 0.25) is 0 Å². The van der Waals surface area contributed by atoms with Crippen LogP contribution in [0.4, 0.5) is 0 Å². The molecule has 4 heteroatoms. The van der Waals surface area contributed by atoms with Crippen LogP contribution in [-0.4, -0.2) is 26.6 Å². The average Bonchev–Trinajstić information content (AvgIpc) is 2.98. The molecule has 0 spiro atoms. The second-order valence-electron chi connectivity index (χ2n) is 5.37. The highest BCUT2D eigenvalue weighted by molar-refractivity contribution is 5.19. The monoisotopic (exact) mass is 256 g/mol. The largest absolute Gasteiger partial charge is 0.289 e. The van der Waals surface area contributed by atoms with Crippen molar-refractivity contribution in [1.29, 1.82) is 0 Å². The van der Waals surface area contributed by atoms with E-state index >= 15 is 0 Å². The van der Waals surface area contributed by atoms with Gasteiger partial charge in [-0.2, -0.15) is 5.10 Å². The normalized spacial score (nSPS) is 20.0. The third-order valence-corrected chi connectivity index (χ3v) is 3.88. The molecule has 4 nitrogen and oxygen atoms in total. The van der Waals surface area contributed by atoms with Gasteiger partial charge in [-0.15, -0.1) is 0 Å². The fourth-order valence-electron chi connectivity index (χ4n) is 2.93. The minimum Gasteiger partial charge on any atom is -0.289 e. The average molecular weight is 256 g/mol. The molecule has 1 N–H and O–H groups in total. The van der Waals surface area contributed by atoms with Crippen LogP contribution in [0.25, 0.3) is 0 Å². The van der Waals surface area contributed by atoms with E-state index in [1.165, 1.54) is 24.1 Å². The Morgan fingerprint density at radius 1 is 1.37 bits per heavy atom. The lowest BCUT2D eigenvalue weighted by atomic mass is 10.1. The molecule has 1 fully saturated rings. The van der Waals surface area contributed by atoms with Crippen LogP contribution in [0.3, 0.4) is 0 Å². The minimum atomic E-state index is 0.463. The maximum absolute atomic E-state index is 4.61. The molecule has 0 aliphatic carbocycles. The lowest BCUT2D eigenvalue weighted by Crippen LogP contribution is -2.24. The molecule has 1 aliphatic heterocycles. The van der Waals surface area contributed by atoms with Crippen molar-refractivity contribution in [3.05, 3.63) is 47.0 Å². The van der Waals surface area contributed by atoms with Crippen LogP contribution in [0.1, 0.15) is 41.5 Å². The summed E-state index contributed by atoms with van der Waals surface area (Å²) in [7, 11) is 0. The topological polar surface area (TPSA) is 44.8 Å². The van der Waals surface area contributed by atoms with Crippen molar-refractivity contribution in [3.63, 3.8) is 0 Å². The van der Waals surface area contributed by atoms with Crippen LogP contribution >= 0.6 is 0 Å². The molecule has 0 unspecified atom stereocenters. The Hall–Kier alpha value is -1.68. The molecule has 0 radical (unpaired) electrons. The summed E-state index contributed by atoms with van der Waals surface area (Å²) >= 11 is 0. The van der Waals surface area contributed by atoms with Crippen LogP contribution < -0.4 is 0 Å². The SMILES string of the molecule is Cc1cccc(CN2CCC[C@H]2c2[nH]ncc2C)n1. The second-order valence-corrected chi connectivity index (χ2v) is 5.37. The number of aromatic amines is 1. The zero-order valence-electron chi connectivity index (χ0n) is 11.6. The van der Waals surface area contributed by atoms with E-state index in [9.17, 15) is 0 Å². The van der Waals surface area contributed by atoms with E-state index in [4.69, 9.17) is 0 Å². The van der Waals surface area contributed by atoms with Crippen molar-refractivity contribution in [1.82, 2.24) is 20.1 Å². The van der Waals surface area contributed by atoms with Gasteiger partial charge in [0, 0.05) is 12.2 Å². The van der Waals surface area contributed by atoms with Crippen LogP contribution in [0.2, 0.25) is 0 Å². The molecular formula is C15H20N4. The molecule has 2 aromatic heterocycles. The molecule has 2 aromatic rings. The number of pyridine rings is 1. The first-order valence-electron chi connectivity index (χ1n) is 6.90. The van der Waals surface area contributed by atoms with Crippen LogP contribution in [0.5, 0.6) is 0 Å². The van der Waals surface area contributed by atoms with Crippen LogP contribution in [0.15, 0.2) is 24.4 Å². The molecule has 0 bridgehead atoms. The number of nitrogens with zero attached hydrogens (tertiary/aromatic N) is 3. The van der Waals surface area contributed by atoms with Gasteiger partial charge in [0.25, 0.3) is 0 Å². The first kappa shape index (κ1) is 12.4. The number of H-pyrrole nitrogens is 1. The van der Waals surface area contributed by atoms with Gasteiger partial charge in [-0.3, -0.25) is 15.0 Å². The van der Waals surface area contributed by atoms with Gasteiger partial charge in [0.15, 0.2) is 0 Å². The molecule has 1 saturated heterocycles. The summed E-state index contributed by atoms with van der Waals surface area (Å²) in [4.78, 5) is 7.11. The van der Waals surface area contributed by atoms with Crippen molar-refractivity contribution in [2.45, 2.75) is 39.3 Å². The number of likely N-dealkylation sites (tertiary alicyclic amines) is 1. The lowest BCUT2D eigenvalue weighted by molar-refractivity contribution is 0.240. The molecule has 19 heavy (non-hydrogen) atoms. The summed E-state index contributed by atoms with van der Waals surface area (Å²) in [6, 6.07) is 6.71. The Balaban J connectivity index is 1.79. The maximum atomic E-state index is 4.61. The number of hydrogen-bond donors (Lipinski definition) is 1. The summed E-state index contributed by atoms with van der Waals surface area (Å²) in [5.74, 6) is 0. The van der Waals surface area contributed by atoms with Crippen LogP contribution in [-0.2, 0) is 6.54 Å². The predicted octanol–water partition coefficient (Wildman–Crippen LogP) is 2.76. The smallest absolute Gasteiger partial charge is 0.0553 e. The predicted molar refractivity (Wildman–Crippen MR) is 74.7 cm³/mol. The highest BCUT2D eigenvalue weighted by atomic mass is 15.2. The molecular weight excluding hydrogens is 236 g/mol. The molecule has 0 saturated carbocycles. The van der Waals surface area contributed by atoms with Gasteiger partial charge in [0.1, 0.15) is 0 Å². The third kappa shape index (κ3) is 2.54. The van der Waals surface area contributed by atoms with Crippen molar-refractivity contribution in [3.8, 4) is 0 Å². The summed E-state index contributed by atoms with van der Waals surface area (Å²) in [5.41, 5.74) is 4.77. The van der Waals surface area contributed by atoms with Crippen LogP contribution in [0, 0.1) is 13.8 Å². The second kappa shape index (κ2) is 5.13. The summed E-state index contributed by atoms with van der Waals surface area (Å²) in [6.45, 7) is 6.23. The molecule has 0 aromatic carbocycles. The third-order valence-electron chi connectivity index (χ3n) is 3.88. The van der Waals surface area contributed by atoms with Crippen molar-refractivity contribution in [2.75, 3.05) is 6.54 Å². The number of rotatable bonds is 3. The Morgan fingerprint density at radius 2 is 2.26 bits per heavy atom. The van der Waals surface area contributed by atoms with Gasteiger partial charge >= 0.3 is 0 Å². The van der Waals surface area contributed by atoms with E-state index in [0.717, 1.165) is 24.5 Å². The fraction of sp³-hybridized carbons (Fsp3) is 0.467.